The van der Waals surface area contributed by atoms with Crippen LogP contribution >= 0.6 is 6.70 Å². The van der Waals surface area contributed by atoms with Gasteiger partial charge in [-0.25, -0.2) is 0 Å². The Kier molecular flexibility index (Phi) is 1.65. The fraction of sp³-hybridized carbons (Fsp3) is 0.273. The molecule has 1 aliphatic carbocycles. The maximum Gasteiger partial charge on any atom is 0.209 e. The lowest BCUT2D eigenvalue weighted by molar-refractivity contribution is 1.26. The van der Waals surface area contributed by atoms with Crippen LogP contribution in [0.3, 0.4) is 0 Å². The minimum Gasteiger partial charge on any atom is -0.0619 e. The first kappa shape index (κ1) is 7.84. The molecule has 0 aromatic heterocycles. The third-order valence-electron chi connectivity index (χ3n) is 2.91. The Bertz CT molecular complexity index is 431. The van der Waals surface area contributed by atoms with E-state index in [4.69, 9.17) is 11.8 Å². The van der Waals surface area contributed by atoms with E-state index in [2.05, 4.69) is 24.3 Å². The van der Waals surface area contributed by atoms with E-state index in [0.717, 1.165) is 6.42 Å². The van der Waals surface area contributed by atoms with Gasteiger partial charge in [-0.05, 0) is 11.1 Å². The Morgan fingerprint density at radius 3 is 3.00 bits per heavy atom. The second kappa shape index (κ2) is 2.73. The van der Waals surface area contributed by atoms with E-state index in [1.54, 1.807) is 10.9 Å². The van der Waals surface area contributed by atoms with Crippen molar-refractivity contribution < 1.29 is 0 Å². The Morgan fingerprint density at radius 1 is 1.23 bits per heavy atom. The molecule has 64 valence electrons. The van der Waals surface area contributed by atoms with Gasteiger partial charge in [0, 0.05) is 18.4 Å². The molecule has 0 saturated heterocycles. The van der Waals surface area contributed by atoms with E-state index in [1.807, 2.05) is 0 Å². The topological polar surface area (TPSA) is 0 Å². The lowest BCUT2D eigenvalue weighted by Gasteiger charge is -1.99. The van der Waals surface area contributed by atoms with Crippen LogP contribution in [-0.2, 0) is 18.2 Å². The van der Waals surface area contributed by atoms with Gasteiger partial charge in [-0.3, -0.25) is 0 Å². The molecule has 13 heavy (non-hydrogen) atoms. The van der Waals surface area contributed by atoms with Crippen LogP contribution in [0.15, 0.2) is 29.6 Å². The van der Waals surface area contributed by atoms with E-state index < -0.39 is 0 Å². The molecule has 3 rings (SSSR count). The van der Waals surface area contributed by atoms with E-state index in [0.29, 0.717) is 0 Å². The molecular weight excluding hydrogens is 195 g/mol. The Morgan fingerprint density at radius 2 is 2.08 bits per heavy atom. The molecule has 0 fully saturated rings. The van der Waals surface area contributed by atoms with Gasteiger partial charge in [0.05, 0.1) is 0 Å². The number of benzene rings is 1. The van der Waals surface area contributed by atoms with Gasteiger partial charge in [-0.1, -0.05) is 24.3 Å². The maximum atomic E-state index is 5.49. The largest absolute Gasteiger partial charge is 0.209 e. The Balaban J connectivity index is 2.20. The van der Waals surface area contributed by atoms with Crippen molar-refractivity contribution in [3.05, 3.63) is 40.7 Å². The predicted molar refractivity (Wildman–Crippen MR) is 60.8 cm³/mol. The van der Waals surface area contributed by atoms with Gasteiger partial charge in [0.1, 0.15) is 11.5 Å². The van der Waals surface area contributed by atoms with E-state index in [9.17, 15) is 0 Å². The zero-order chi connectivity index (χ0) is 8.84. The van der Waals surface area contributed by atoms with E-state index in [1.165, 1.54) is 23.7 Å². The molecule has 1 aliphatic heterocycles. The fourth-order valence-corrected chi connectivity index (χ4v) is 4.65. The van der Waals surface area contributed by atoms with Crippen LogP contribution in [0.1, 0.15) is 17.5 Å². The summed E-state index contributed by atoms with van der Waals surface area (Å²) in [5.41, 5.74) is 4.59. The molecule has 0 radical (unpaired) electrons. The first-order valence-corrected chi connectivity index (χ1v) is 7.15. The van der Waals surface area contributed by atoms with Gasteiger partial charge in [0.15, 0.2) is 11.8 Å². The number of hydrogen-bond donors (Lipinski definition) is 0. The number of fused-ring (bicyclic) bond motifs is 2. The summed E-state index contributed by atoms with van der Waals surface area (Å²) in [6, 6.07) is 8.76. The third kappa shape index (κ3) is 1.04. The monoisotopic (exact) mass is 205 g/mol. The standard InChI is InChI=1S/C11H10PS/c13-12-6-5-10-9-4-2-1-3-8(9)7-11(10)12/h1-4H,5-7H2/q+1. The van der Waals surface area contributed by atoms with Crippen molar-refractivity contribution in [2.45, 2.75) is 12.8 Å². The molecule has 0 amide bonds. The second-order valence-electron chi connectivity index (χ2n) is 3.61. The molecule has 1 aromatic carbocycles. The van der Waals surface area contributed by atoms with Crippen LogP contribution in [0, 0.1) is 0 Å². The number of rotatable bonds is 0. The highest BCUT2D eigenvalue weighted by atomic mass is 32.4. The molecule has 1 aromatic rings. The van der Waals surface area contributed by atoms with Crippen LogP contribution < -0.4 is 0 Å². The molecule has 0 saturated carbocycles. The van der Waals surface area contributed by atoms with Crippen molar-refractivity contribution in [1.82, 2.24) is 0 Å². The summed E-state index contributed by atoms with van der Waals surface area (Å²) in [7, 11) is 0. The number of allylic oxidation sites excluding steroid dienone is 2. The SMILES string of the molecule is S=[P+]1CCC2=C1Cc1ccccc12. The molecule has 0 N–H and O–H groups in total. The van der Waals surface area contributed by atoms with Crippen molar-refractivity contribution >= 4 is 24.1 Å². The Labute approximate surface area is 84.1 Å². The number of hydrogen-bond acceptors (Lipinski definition) is 1. The highest BCUT2D eigenvalue weighted by molar-refractivity contribution is 8.07. The van der Waals surface area contributed by atoms with E-state index in [-0.39, 0.29) is 6.70 Å². The fourth-order valence-electron chi connectivity index (χ4n) is 2.28. The average molecular weight is 205 g/mol. The maximum absolute atomic E-state index is 5.49. The molecule has 0 bridgehead atoms. The molecule has 0 nitrogen and oxygen atoms in total. The van der Waals surface area contributed by atoms with Crippen molar-refractivity contribution in [2.24, 2.45) is 0 Å². The van der Waals surface area contributed by atoms with Gasteiger partial charge >= 0.3 is 0 Å². The summed E-state index contributed by atoms with van der Waals surface area (Å²) >= 11 is 5.49. The van der Waals surface area contributed by atoms with Crippen molar-refractivity contribution in [3.63, 3.8) is 0 Å². The van der Waals surface area contributed by atoms with Gasteiger partial charge in [0.25, 0.3) is 0 Å². The van der Waals surface area contributed by atoms with Crippen LogP contribution in [-0.4, -0.2) is 6.16 Å². The quantitative estimate of drug-likeness (QED) is 0.585. The minimum absolute atomic E-state index is 0.189. The molecule has 2 aliphatic rings. The summed E-state index contributed by atoms with van der Waals surface area (Å²) in [5, 5.41) is 1.60. The second-order valence-corrected chi connectivity index (χ2v) is 6.68. The zero-order valence-electron chi connectivity index (χ0n) is 7.29. The van der Waals surface area contributed by atoms with Crippen LogP contribution in [0.5, 0.6) is 0 Å². The van der Waals surface area contributed by atoms with Crippen LogP contribution in [0.2, 0.25) is 0 Å². The third-order valence-corrected chi connectivity index (χ3v) is 5.78. The van der Waals surface area contributed by atoms with Crippen LogP contribution in [0.25, 0.3) is 5.57 Å². The van der Waals surface area contributed by atoms with Crippen LogP contribution in [0.4, 0.5) is 0 Å². The first-order valence-electron chi connectivity index (χ1n) is 4.61. The van der Waals surface area contributed by atoms with Gasteiger partial charge in [-0.15, -0.1) is 0 Å². The molecule has 2 heteroatoms. The smallest absolute Gasteiger partial charge is 0.0619 e. The minimum atomic E-state index is -0.189. The van der Waals surface area contributed by atoms with Gasteiger partial charge in [0.2, 0.25) is 6.70 Å². The Hall–Kier alpha value is -0.520. The molecule has 1 heterocycles. The van der Waals surface area contributed by atoms with Gasteiger partial charge in [-0.2, -0.15) is 0 Å². The lowest BCUT2D eigenvalue weighted by atomic mass is 10.0. The van der Waals surface area contributed by atoms with Crippen molar-refractivity contribution in [3.8, 4) is 0 Å². The molecule has 1 atom stereocenters. The summed E-state index contributed by atoms with van der Waals surface area (Å²) in [6.45, 7) is -0.189. The molecular formula is C11H10PS+. The summed E-state index contributed by atoms with van der Waals surface area (Å²) in [6.07, 6.45) is 3.64. The van der Waals surface area contributed by atoms with Crippen molar-refractivity contribution in [1.29, 1.82) is 0 Å². The normalized spacial score (nSPS) is 22.0. The van der Waals surface area contributed by atoms with Gasteiger partial charge < -0.3 is 0 Å². The highest BCUT2D eigenvalue weighted by Gasteiger charge is 2.36. The molecule has 0 spiro atoms. The lowest BCUT2D eigenvalue weighted by Crippen LogP contribution is -1.85. The average Bonchev–Trinajstić information content (AvgIpc) is 2.67. The predicted octanol–water partition coefficient (Wildman–Crippen LogP) is 3.30. The zero-order valence-corrected chi connectivity index (χ0v) is 9.00. The summed E-state index contributed by atoms with van der Waals surface area (Å²) in [5.74, 6) is 0. The van der Waals surface area contributed by atoms with Crippen molar-refractivity contribution in [2.75, 3.05) is 6.16 Å². The summed E-state index contributed by atoms with van der Waals surface area (Å²) < 4.78 is 0. The summed E-state index contributed by atoms with van der Waals surface area (Å²) in [4.78, 5) is 0. The highest BCUT2D eigenvalue weighted by Crippen LogP contribution is 2.53. The molecule has 1 unspecified atom stereocenters. The first-order chi connectivity index (χ1) is 6.36. The van der Waals surface area contributed by atoms with E-state index >= 15 is 0 Å².